The molecule has 2 heteroatoms. The molecule has 0 saturated heterocycles. The van der Waals surface area contributed by atoms with Crippen LogP contribution in [0, 0.1) is 5.92 Å². The van der Waals surface area contributed by atoms with E-state index in [1.54, 1.807) is 6.08 Å². The van der Waals surface area contributed by atoms with Crippen molar-refractivity contribution in [3.63, 3.8) is 0 Å². The zero-order valence-corrected chi connectivity index (χ0v) is 7.43. The fourth-order valence-electron chi connectivity index (χ4n) is 0.619. The Morgan fingerprint density at radius 2 is 2.18 bits per heavy atom. The molecule has 0 rings (SSSR count). The highest BCUT2D eigenvalue weighted by Gasteiger charge is 2.03. The Kier molecular flexibility index (Phi) is 4.62. The molecule has 64 valence electrons. The average Bonchev–Trinajstić information content (AvgIpc) is 1.99. The van der Waals surface area contributed by atoms with Crippen LogP contribution in [0.25, 0.3) is 0 Å². The molecule has 0 amide bonds. The molecule has 0 heterocycles. The molecule has 1 atom stereocenters. The lowest BCUT2D eigenvalue weighted by atomic mass is 10.1. The lowest BCUT2D eigenvalue weighted by molar-refractivity contribution is 0.600. The summed E-state index contributed by atoms with van der Waals surface area (Å²) in [4.78, 5) is 0. The second kappa shape index (κ2) is 4.97. The molecule has 0 aliphatic heterocycles. The number of rotatable bonds is 5. The lowest BCUT2D eigenvalue weighted by Crippen LogP contribution is -2.34. The van der Waals surface area contributed by atoms with Crippen molar-refractivity contribution in [3.05, 3.63) is 24.9 Å². The molecule has 0 spiro atoms. The van der Waals surface area contributed by atoms with Crippen molar-refractivity contribution in [2.75, 3.05) is 6.54 Å². The van der Waals surface area contributed by atoms with Crippen LogP contribution in [0.1, 0.15) is 13.8 Å². The number of nitrogens with two attached hydrogens (primary N) is 1. The van der Waals surface area contributed by atoms with Crippen LogP contribution >= 0.6 is 0 Å². The van der Waals surface area contributed by atoms with Gasteiger partial charge in [-0.3, -0.25) is 0 Å². The summed E-state index contributed by atoms with van der Waals surface area (Å²) < 4.78 is 0. The molecule has 0 aromatic carbocycles. The summed E-state index contributed by atoms with van der Waals surface area (Å²) in [6, 6.07) is 0.157. The second-order valence-electron chi connectivity index (χ2n) is 2.90. The van der Waals surface area contributed by atoms with Crippen molar-refractivity contribution >= 4 is 0 Å². The molecular weight excluding hydrogens is 136 g/mol. The van der Waals surface area contributed by atoms with E-state index in [0.29, 0.717) is 12.5 Å². The van der Waals surface area contributed by atoms with Crippen LogP contribution in [0.15, 0.2) is 24.9 Å². The molecule has 0 aromatic heterocycles. The number of allylic oxidation sites excluding steroid dienone is 1. The molecule has 11 heavy (non-hydrogen) atoms. The summed E-state index contributed by atoms with van der Waals surface area (Å²) in [6.45, 7) is 12.3. The molecule has 3 N–H and O–H groups in total. The Morgan fingerprint density at radius 3 is 2.45 bits per heavy atom. The van der Waals surface area contributed by atoms with E-state index in [2.05, 4.69) is 32.3 Å². The fraction of sp³-hybridized carbons (Fsp3) is 0.556. The second-order valence-corrected chi connectivity index (χ2v) is 2.90. The van der Waals surface area contributed by atoms with Gasteiger partial charge in [0.05, 0.1) is 6.04 Å². The van der Waals surface area contributed by atoms with E-state index < -0.39 is 0 Å². The average molecular weight is 154 g/mol. The van der Waals surface area contributed by atoms with E-state index >= 15 is 0 Å². The first kappa shape index (κ1) is 10.2. The maximum Gasteiger partial charge on any atom is 0.0561 e. The first-order valence-electron chi connectivity index (χ1n) is 3.89. The third-order valence-electron chi connectivity index (χ3n) is 1.61. The van der Waals surface area contributed by atoms with E-state index in [0.717, 1.165) is 5.70 Å². The molecular formula is C9H18N2. The van der Waals surface area contributed by atoms with Crippen molar-refractivity contribution in [2.24, 2.45) is 11.7 Å². The van der Waals surface area contributed by atoms with Gasteiger partial charge in [0, 0.05) is 12.2 Å². The van der Waals surface area contributed by atoms with Crippen molar-refractivity contribution in [1.82, 2.24) is 5.32 Å². The van der Waals surface area contributed by atoms with Gasteiger partial charge in [-0.15, -0.1) is 6.58 Å². The summed E-state index contributed by atoms with van der Waals surface area (Å²) in [6.07, 6.45) is 1.80. The van der Waals surface area contributed by atoms with Gasteiger partial charge in [-0.05, 0) is 5.92 Å². The zero-order chi connectivity index (χ0) is 8.85. The van der Waals surface area contributed by atoms with Crippen LogP contribution in [-0.4, -0.2) is 12.6 Å². The summed E-state index contributed by atoms with van der Waals surface area (Å²) in [5.41, 5.74) is 6.47. The number of hydrogen-bond donors (Lipinski definition) is 2. The molecule has 0 bridgehead atoms. The Bertz CT molecular complexity index is 138. The maximum atomic E-state index is 5.46. The molecule has 1 unspecified atom stereocenters. The van der Waals surface area contributed by atoms with Gasteiger partial charge in [-0.25, -0.2) is 0 Å². The molecule has 0 aliphatic rings. The number of hydrogen-bond acceptors (Lipinski definition) is 2. The predicted molar refractivity (Wildman–Crippen MR) is 50.2 cm³/mol. The van der Waals surface area contributed by atoms with Gasteiger partial charge in [0.2, 0.25) is 0 Å². The van der Waals surface area contributed by atoms with Crippen LogP contribution in [0.2, 0.25) is 0 Å². The highest BCUT2D eigenvalue weighted by molar-refractivity contribution is 5.01. The molecule has 0 radical (unpaired) electrons. The van der Waals surface area contributed by atoms with Gasteiger partial charge in [0.15, 0.2) is 0 Å². The van der Waals surface area contributed by atoms with Crippen LogP contribution in [-0.2, 0) is 0 Å². The minimum absolute atomic E-state index is 0.157. The van der Waals surface area contributed by atoms with Crippen LogP contribution in [0.4, 0.5) is 0 Å². The van der Waals surface area contributed by atoms with Gasteiger partial charge in [0.25, 0.3) is 0 Å². The normalized spacial score (nSPS) is 12.7. The predicted octanol–water partition coefficient (Wildman–Crippen LogP) is 1.26. The Balaban J connectivity index is 3.81. The van der Waals surface area contributed by atoms with E-state index in [-0.39, 0.29) is 6.04 Å². The van der Waals surface area contributed by atoms with Gasteiger partial charge in [-0.2, -0.15) is 0 Å². The summed E-state index contributed by atoms with van der Waals surface area (Å²) >= 11 is 0. The van der Waals surface area contributed by atoms with Crippen molar-refractivity contribution in [1.29, 1.82) is 0 Å². The minimum Gasteiger partial charge on any atom is -0.381 e. The van der Waals surface area contributed by atoms with Crippen molar-refractivity contribution in [2.45, 2.75) is 19.9 Å². The minimum atomic E-state index is 0.157. The largest absolute Gasteiger partial charge is 0.381 e. The summed E-state index contributed by atoms with van der Waals surface area (Å²) in [5.74, 6) is 0.448. The molecule has 0 saturated carbocycles. The maximum absolute atomic E-state index is 5.46. The topological polar surface area (TPSA) is 38.0 Å². The smallest absolute Gasteiger partial charge is 0.0561 e. The third kappa shape index (κ3) is 3.83. The van der Waals surface area contributed by atoms with E-state index in [1.165, 1.54) is 0 Å². The van der Waals surface area contributed by atoms with E-state index in [9.17, 15) is 0 Å². The summed E-state index contributed by atoms with van der Waals surface area (Å²) in [5, 5.41) is 3.18. The van der Waals surface area contributed by atoms with Crippen LogP contribution < -0.4 is 11.1 Å². The monoisotopic (exact) mass is 154 g/mol. The standard InChI is InChI=1S/C9H18N2/c1-5-9(6-10)11-8(4)7(2)3/h5,7,9,11H,1,4,6,10H2,2-3H3. The molecule has 0 aliphatic carbocycles. The first-order chi connectivity index (χ1) is 5.11. The Hall–Kier alpha value is -0.760. The highest BCUT2D eigenvalue weighted by Crippen LogP contribution is 2.03. The van der Waals surface area contributed by atoms with Gasteiger partial charge >= 0.3 is 0 Å². The fourth-order valence-corrected chi connectivity index (χ4v) is 0.619. The van der Waals surface area contributed by atoms with Crippen molar-refractivity contribution < 1.29 is 0 Å². The van der Waals surface area contributed by atoms with Crippen molar-refractivity contribution in [3.8, 4) is 0 Å². The van der Waals surface area contributed by atoms with Gasteiger partial charge in [-0.1, -0.05) is 26.5 Å². The quantitative estimate of drug-likeness (QED) is 0.585. The Labute approximate surface area is 69.2 Å². The third-order valence-corrected chi connectivity index (χ3v) is 1.61. The van der Waals surface area contributed by atoms with Crippen LogP contribution in [0.5, 0.6) is 0 Å². The SMILES string of the molecule is C=CC(CN)NC(=C)C(C)C. The van der Waals surface area contributed by atoms with Gasteiger partial charge in [0.1, 0.15) is 0 Å². The summed E-state index contributed by atoms with van der Waals surface area (Å²) in [7, 11) is 0. The van der Waals surface area contributed by atoms with E-state index in [1.807, 2.05) is 0 Å². The van der Waals surface area contributed by atoms with Crippen LogP contribution in [0.3, 0.4) is 0 Å². The highest BCUT2D eigenvalue weighted by atomic mass is 14.9. The first-order valence-corrected chi connectivity index (χ1v) is 3.89. The molecule has 0 fully saturated rings. The number of nitrogens with one attached hydrogen (secondary N) is 1. The van der Waals surface area contributed by atoms with E-state index in [4.69, 9.17) is 5.73 Å². The molecule has 0 aromatic rings. The lowest BCUT2D eigenvalue weighted by Gasteiger charge is -2.18. The van der Waals surface area contributed by atoms with Gasteiger partial charge < -0.3 is 11.1 Å². The molecule has 2 nitrogen and oxygen atoms in total. The Morgan fingerprint density at radius 1 is 1.64 bits per heavy atom. The zero-order valence-electron chi connectivity index (χ0n) is 7.43.